The Morgan fingerprint density at radius 1 is 1.20 bits per heavy atom. The molecule has 2 N–H and O–H groups in total. The maximum absolute atomic E-state index is 12.6. The first-order valence-electron chi connectivity index (χ1n) is 8.84. The SMILES string of the molecule is CC#CC1([C@@H](NNC(=O)c2ccccc2)C(=O)OCC)CCCCC1. The van der Waals surface area contributed by atoms with Crippen molar-refractivity contribution < 1.29 is 14.3 Å². The molecule has 0 radical (unpaired) electrons. The lowest BCUT2D eigenvalue weighted by molar-refractivity contribution is -0.149. The van der Waals surface area contributed by atoms with E-state index >= 15 is 0 Å². The molecule has 1 fully saturated rings. The minimum atomic E-state index is -0.687. The molecule has 0 aliphatic heterocycles. The van der Waals surface area contributed by atoms with Crippen LogP contribution in [0.15, 0.2) is 30.3 Å². The number of nitrogens with one attached hydrogen (secondary N) is 2. The highest BCUT2D eigenvalue weighted by Gasteiger charge is 2.44. The van der Waals surface area contributed by atoms with Gasteiger partial charge in [-0.15, -0.1) is 5.92 Å². The normalized spacial score (nSPS) is 16.9. The Morgan fingerprint density at radius 3 is 2.48 bits per heavy atom. The van der Waals surface area contributed by atoms with Crippen LogP contribution in [0.1, 0.15) is 56.3 Å². The van der Waals surface area contributed by atoms with E-state index in [9.17, 15) is 9.59 Å². The van der Waals surface area contributed by atoms with E-state index in [0.29, 0.717) is 12.2 Å². The summed E-state index contributed by atoms with van der Waals surface area (Å²) in [6.07, 6.45) is 4.79. The minimum Gasteiger partial charge on any atom is -0.465 e. The summed E-state index contributed by atoms with van der Waals surface area (Å²) >= 11 is 0. The van der Waals surface area contributed by atoms with Crippen LogP contribution in [-0.4, -0.2) is 24.5 Å². The molecule has 2 rings (SSSR count). The van der Waals surface area contributed by atoms with Gasteiger partial charge in [0.05, 0.1) is 12.0 Å². The number of amides is 1. The fourth-order valence-electron chi connectivity index (χ4n) is 3.37. The summed E-state index contributed by atoms with van der Waals surface area (Å²) in [5.74, 6) is 5.54. The van der Waals surface area contributed by atoms with Crippen molar-refractivity contribution >= 4 is 11.9 Å². The van der Waals surface area contributed by atoms with E-state index in [1.165, 1.54) is 0 Å². The highest BCUT2D eigenvalue weighted by Crippen LogP contribution is 2.39. The molecule has 1 aliphatic carbocycles. The van der Waals surface area contributed by atoms with Crippen molar-refractivity contribution in [2.75, 3.05) is 6.61 Å². The summed E-state index contributed by atoms with van der Waals surface area (Å²) in [4.78, 5) is 24.9. The minimum absolute atomic E-state index is 0.287. The zero-order valence-electron chi connectivity index (χ0n) is 14.9. The molecule has 1 saturated carbocycles. The van der Waals surface area contributed by atoms with Gasteiger partial charge < -0.3 is 4.74 Å². The first kappa shape index (κ1) is 19.0. The van der Waals surface area contributed by atoms with Gasteiger partial charge in [0.25, 0.3) is 5.91 Å². The lowest BCUT2D eigenvalue weighted by atomic mass is 9.69. The first-order chi connectivity index (χ1) is 12.1. The Labute approximate surface area is 149 Å². The number of hydrogen-bond donors (Lipinski definition) is 2. The molecular formula is C20H26N2O3. The molecule has 134 valence electrons. The summed E-state index contributed by atoms with van der Waals surface area (Å²) in [6, 6.07) is 8.19. The molecule has 5 nitrogen and oxygen atoms in total. The average molecular weight is 342 g/mol. The van der Waals surface area contributed by atoms with Crippen molar-refractivity contribution in [2.24, 2.45) is 5.41 Å². The van der Waals surface area contributed by atoms with Crippen molar-refractivity contribution in [3.8, 4) is 11.8 Å². The number of ether oxygens (including phenoxy) is 1. The fourth-order valence-corrected chi connectivity index (χ4v) is 3.37. The Kier molecular flexibility index (Phi) is 7.03. The largest absolute Gasteiger partial charge is 0.465 e. The monoisotopic (exact) mass is 342 g/mol. The van der Waals surface area contributed by atoms with E-state index in [0.717, 1.165) is 32.1 Å². The molecule has 0 bridgehead atoms. The Balaban J connectivity index is 2.18. The van der Waals surface area contributed by atoms with E-state index in [1.807, 2.05) is 6.07 Å². The quantitative estimate of drug-likeness (QED) is 0.474. The van der Waals surface area contributed by atoms with Crippen molar-refractivity contribution in [2.45, 2.75) is 52.0 Å². The molecule has 1 atom stereocenters. The maximum Gasteiger partial charge on any atom is 0.326 e. The number of hydrazine groups is 1. The third-order valence-corrected chi connectivity index (χ3v) is 4.56. The molecule has 1 aliphatic rings. The smallest absolute Gasteiger partial charge is 0.326 e. The molecular weight excluding hydrogens is 316 g/mol. The van der Waals surface area contributed by atoms with Crippen LogP contribution in [0.2, 0.25) is 0 Å². The Morgan fingerprint density at radius 2 is 1.88 bits per heavy atom. The highest BCUT2D eigenvalue weighted by molar-refractivity contribution is 5.94. The van der Waals surface area contributed by atoms with Crippen LogP contribution in [0, 0.1) is 17.3 Å². The molecule has 0 spiro atoms. The van der Waals surface area contributed by atoms with Gasteiger partial charge in [-0.25, -0.2) is 5.43 Å². The zero-order chi connectivity index (χ0) is 18.1. The number of carbonyl (C=O) groups excluding carboxylic acids is 2. The second kappa shape index (κ2) is 9.24. The molecule has 1 aromatic rings. The first-order valence-corrected chi connectivity index (χ1v) is 8.84. The number of benzene rings is 1. The fraction of sp³-hybridized carbons (Fsp3) is 0.500. The van der Waals surface area contributed by atoms with Gasteiger partial charge in [0.2, 0.25) is 0 Å². The Hall–Kier alpha value is -2.32. The second-order valence-electron chi connectivity index (χ2n) is 6.24. The molecule has 1 aromatic carbocycles. The number of esters is 1. The van der Waals surface area contributed by atoms with Crippen molar-refractivity contribution in [1.82, 2.24) is 10.9 Å². The van der Waals surface area contributed by atoms with Crippen LogP contribution < -0.4 is 10.9 Å². The van der Waals surface area contributed by atoms with Gasteiger partial charge in [0.1, 0.15) is 6.04 Å². The summed E-state index contributed by atoms with van der Waals surface area (Å²) in [6.45, 7) is 3.84. The van der Waals surface area contributed by atoms with E-state index in [-0.39, 0.29) is 11.9 Å². The van der Waals surface area contributed by atoms with Gasteiger partial charge in [-0.1, -0.05) is 43.4 Å². The maximum atomic E-state index is 12.6. The zero-order valence-corrected chi connectivity index (χ0v) is 14.9. The third kappa shape index (κ3) is 4.83. The summed E-state index contributed by atoms with van der Waals surface area (Å²) in [5.41, 5.74) is 5.60. The van der Waals surface area contributed by atoms with Gasteiger partial charge in [-0.05, 0) is 38.8 Å². The lowest BCUT2D eigenvalue weighted by Gasteiger charge is -2.38. The van der Waals surface area contributed by atoms with Crippen molar-refractivity contribution in [3.63, 3.8) is 0 Å². The van der Waals surface area contributed by atoms with Crippen molar-refractivity contribution in [1.29, 1.82) is 0 Å². The molecule has 0 saturated heterocycles. The van der Waals surface area contributed by atoms with Crippen LogP contribution in [0.3, 0.4) is 0 Å². The molecule has 25 heavy (non-hydrogen) atoms. The topological polar surface area (TPSA) is 67.4 Å². The van der Waals surface area contributed by atoms with E-state index in [4.69, 9.17) is 4.74 Å². The summed E-state index contributed by atoms with van der Waals surface area (Å²) in [5, 5.41) is 0. The van der Waals surface area contributed by atoms with Gasteiger partial charge in [0, 0.05) is 5.56 Å². The van der Waals surface area contributed by atoms with Gasteiger partial charge in [-0.2, -0.15) is 0 Å². The van der Waals surface area contributed by atoms with Crippen LogP contribution in [0.4, 0.5) is 0 Å². The molecule has 0 heterocycles. The standard InChI is InChI=1S/C20H26N2O3/c1-3-13-20(14-9-6-10-15-20)17(19(24)25-4-2)21-22-18(23)16-11-7-5-8-12-16/h5,7-8,11-12,17,21H,4,6,9-10,14-15H2,1-2H3,(H,22,23)/t17-/m0/s1. The van der Waals surface area contributed by atoms with E-state index in [1.54, 1.807) is 38.1 Å². The molecule has 5 heteroatoms. The second-order valence-corrected chi connectivity index (χ2v) is 6.24. The number of carbonyl (C=O) groups is 2. The van der Waals surface area contributed by atoms with Crippen LogP contribution in [-0.2, 0) is 9.53 Å². The Bertz CT molecular complexity index is 640. The van der Waals surface area contributed by atoms with E-state index in [2.05, 4.69) is 22.7 Å². The lowest BCUT2D eigenvalue weighted by Crippen LogP contribution is -2.57. The van der Waals surface area contributed by atoms with Crippen molar-refractivity contribution in [3.05, 3.63) is 35.9 Å². The van der Waals surface area contributed by atoms with Gasteiger partial charge in [-0.3, -0.25) is 15.0 Å². The van der Waals surface area contributed by atoms with Crippen LogP contribution in [0.5, 0.6) is 0 Å². The third-order valence-electron chi connectivity index (χ3n) is 4.56. The number of hydrogen-bond acceptors (Lipinski definition) is 4. The van der Waals surface area contributed by atoms with Crippen LogP contribution in [0.25, 0.3) is 0 Å². The predicted molar refractivity (Wildman–Crippen MR) is 96.4 cm³/mol. The highest BCUT2D eigenvalue weighted by atomic mass is 16.5. The predicted octanol–water partition coefficient (Wildman–Crippen LogP) is 2.83. The average Bonchev–Trinajstić information content (AvgIpc) is 2.63. The number of rotatable bonds is 6. The summed E-state index contributed by atoms with van der Waals surface area (Å²) in [7, 11) is 0. The van der Waals surface area contributed by atoms with Gasteiger partial charge >= 0.3 is 5.97 Å². The van der Waals surface area contributed by atoms with Gasteiger partial charge in [0.15, 0.2) is 0 Å². The summed E-state index contributed by atoms with van der Waals surface area (Å²) < 4.78 is 5.25. The van der Waals surface area contributed by atoms with Crippen LogP contribution >= 0.6 is 0 Å². The molecule has 0 aromatic heterocycles. The van der Waals surface area contributed by atoms with E-state index < -0.39 is 11.5 Å². The molecule has 0 unspecified atom stereocenters. The molecule has 1 amide bonds.